The molecule has 0 saturated heterocycles. The van der Waals surface area contributed by atoms with Crippen LogP contribution in [0.4, 0.5) is 5.69 Å². The first-order valence-corrected chi connectivity index (χ1v) is 6.67. The molecule has 0 aliphatic carbocycles. The quantitative estimate of drug-likeness (QED) is 0.453. The number of hydrogen-bond donors (Lipinski definition) is 1. The molecule has 0 bridgehead atoms. The largest absolute Gasteiger partial charge is 0.312 e. The van der Waals surface area contributed by atoms with E-state index in [1.54, 1.807) is 12.1 Å². The summed E-state index contributed by atoms with van der Waals surface area (Å²) in [6, 6.07) is 4.77. The van der Waals surface area contributed by atoms with Crippen molar-refractivity contribution in [2.45, 2.75) is 19.4 Å². The maximum atomic E-state index is 10.9. The zero-order valence-corrected chi connectivity index (χ0v) is 12.1. The molecule has 0 radical (unpaired) electrons. The number of unbranched alkanes of at least 4 members (excludes halogenated alkanes) is 1. The fourth-order valence-corrected chi connectivity index (χ4v) is 1.92. The number of benzene rings is 1. The van der Waals surface area contributed by atoms with E-state index in [-0.39, 0.29) is 5.69 Å². The zero-order chi connectivity index (χ0) is 14.3. The van der Waals surface area contributed by atoms with E-state index in [9.17, 15) is 10.1 Å². The summed E-state index contributed by atoms with van der Waals surface area (Å²) in [5.41, 5.74) is 0.746. The predicted octanol–water partition coefficient (Wildman–Crippen LogP) is 2.68. The molecule has 1 rings (SSSR count). The minimum atomic E-state index is -0.394. The first kappa shape index (κ1) is 15.9. The molecule has 1 aromatic carbocycles. The van der Waals surface area contributed by atoms with Gasteiger partial charge in [-0.3, -0.25) is 10.1 Å². The molecule has 0 aromatic heterocycles. The summed E-state index contributed by atoms with van der Waals surface area (Å²) in [7, 11) is 4.09. The van der Waals surface area contributed by atoms with Gasteiger partial charge in [0, 0.05) is 23.2 Å². The van der Waals surface area contributed by atoms with Gasteiger partial charge in [-0.1, -0.05) is 11.6 Å². The Bertz CT molecular complexity index is 424. The maximum absolute atomic E-state index is 10.9. The fraction of sp³-hybridized carbons (Fsp3) is 0.538. The van der Waals surface area contributed by atoms with Crippen molar-refractivity contribution in [1.29, 1.82) is 0 Å². The molecule has 0 saturated carbocycles. The van der Waals surface area contributed by atoms with Crippen LogP contribution in [0.2, 0.25) is 5.02 Å². The van der Waals surface area contributed by atoms with Crippen LogP contribution >= 0.6 is 11.6 Å². The van der Waals surface area contributed by atoms with Crippen LogP contribution in [-0.2, 0) is 6.54 Å². The number of nitro groups is 1. The van der Waals surface area contributed by atoms with Crippen molar-refractivity contribution >= 4 is 17.3 Å². The lowest BCUT2D eigenvalue weighted by Gasteiger charge is -2.09. The summed E-state index contributed by atoms with van der Waals surface area (Å²) in [5.74, 6) is 0. The average molecular weight is 286 g/mol. The Labute approximate surface area is 118 Å². The Morgan fingerprint density at radius 1 is 1.37 bits per heavy atom. The van der Waals surface area contributed by atoms with Gasteiger partial charge in [-0.2, -0.15) is 0 Å². The summed E-state index contributed by atoms with van der Waals surface area (Å²) in [4.78, 5) is 12.6. The molecule has 106 valence electrons. The molecule has 0 spiro atoms. The molecule has 0 atom stereocenters. The van der Waals surface area contributed by atoms with E-state index in [1.165, 1.54) is 6.07 Å². The lowest BCUT2D eigenvalue weighted by Crippen LogP contribution is -2.18. The van der Waals surface area contributed by atoms with E-state index in [0.29, 0.717) is 17.1 Å². The van der Waals surface area contributed by atoms with Crippen LogP contribution < -0.4 is 5.32 Å². The average Bonchev–Trinajstić information content (AvgIpc) is 2.34. The normalized spacial score (nSPS) is 10.9. The van der Waals surface area contributed by atoms with Gasteiger partial charge in [-0.05, 0) is 52.2 Å². The van der Waals surface area contributed by atoms with E-state index < -0.39 is 4.92 Å². The van der Waals surface area contributed by atoms with Gasteiger partial charge in [0.2, 0.25) is 0 Å². The van der Waals surface area contributed by atoms with Crippen molar-refractivity contribution in [3.8, 4) is 0 Å². The van der Waals surface area contributed by atoms with Crippen molar-refractivity contribution in [2.75, 3.05) is 27.2 Å². The Kier molecular flexibility index (Phi) is 6.77. The van der Waals surface area contributed by atoms with E-state index in [4.69, 9.17) is 11.6 Å². The second-order valence-electron chi connectivity index (χ2n) is 4.72. The Hall–Kier alpha value is -1.17. The summed E-state index contributed by atoms with van der Waals surface area (Å²) >= 11 is 5.76. The van der Waals surface area contributed by atoms with E-state index in [0.717, 1.165) is 25.9 Å². The van der Waals surface area contributed by atoms with Gasteiger partial charge < -0.3 is 10.2 Å². The molecule has 0 amide bonds. The number of hydrogen-bond acceptors (Lipinski definition) is 4. The lowest BCUT2D eigenvalue weighted by atomic mass is 10.2. The highest BCUT2D eigenvalue weighted by Gasteiger charge is 2.13. The van der Waals surface area contributed by atoms with Crippen LogP contribution in [0.3, 0.4) is 0 Å². The Morgan fingerprint density at radius 3 is 2.74 bits per heavy atom. The number of rotatable bonds is 8. The molecule has 5 nitrogen and oxygen atoms in total. The molecular weight excluding hydrogens is 266 g/mol. The van der Waals surface area contributed by atoms with Gasteiger partial charge in [0.05, 0.1) is 4.92 Å². The second kappa shape index (κ2) is 8.09. The minimum Gasteiger partial charge on any atom is -0.312 e. The van der Waals surface area contributed by atoms with Gasteiger partial charge in [0.1, 0.15) is 0 Å². The summed E-state index contributed by atoms with van der Waals surface area (Å²) < 4.78 is 0. The standard InChI is InChI=1S/C13H20ClN3O2/c1-16(2)8-4-3-7-15-10-11-5-6-12(14)9-13(11)17(18)19/h5-6,9,15H,3-4,7-8,10H2,1-2H3. The molecule has 1 N–H and O–H groups in total. The molecule has 0 fully saturated rings. The highest BCUT2D eigenvalue weighted by molar-refractivity contribution is 6.30. The lowest BCUT2D eigenvalue weighted by molar-refractivity contribution is -0.385. The van der Waals surface area contributed by atoms with Crippen molar-refractivity contribution in [3.63, 3.8) is 0 Å². The molecule has 0 aliphatic rings. The van der Waals surface area contributed by atoms with Crippen LogP contribution in [0.25, 0.3) is 0 Å². The van der Waals surface area contributed by atoms with Crippen molar-refractivity contribution in [1.82, 2.24) is 10.2 Å². The minimum absolute atomic E-state index is 0.0771. The van der Waals surface area contributed by atoms with E-state index >= 15 is 0 Å². The number of nitro benzene ring substituents is 1. The second-order valence-corrected chi connectivity index (χ2v) is 5.15. The van der Waals surface area contributed by atoms with Crippen LogP contribution in [0.15, 0.2) is 18.2 Å². The Morgan fingerprint density at radius 2 is 2.11 bits per heavy atom. The molecule has 1 aromatic rings. The smallest absolute Gasteiger partial charge is 0.275 e. The zero-order valence-electron chi connectivity index (χ0n) is 11.4. The fourth-order valence-electron chi connectivity index (χ4n) is 1.76. The summed E-state index contributed by atoms with van der Waals surface area (Å²) in [6.07, 6.45) is 2.17. The summed E-state index contributed by atoms with van der Waals surface area (Å²) in [6.45, 7) is 2.41. The van der Waals surface area contributed by atoms with Crippen LogP contribution in [0.1, 0.15) is 18.4 Å². The summed E-state index contributed by atoms with van der Waals surface area (Å²) in [5, 5.41) is 14.5. The monoisotopic (exact) mass is 285 g/mol. The predicted molar refractivity (Wildman–Crippen MR) is 77.6 cm³/mol. The van der Waals surface area contributed by atoms with Crippen LogP contribution in [-0.4, -0.2) is 37.0 Å². The van der Waals surface area contributed by atoms with Gasteiger partial charge in [0.15, 0.2) is 0 Å². The van der Waals surface area contributed by atoms with Crippen LogP contribution in [0, 0.1) is 10.1 Å². The van der Waals surface area contributed by atoms with Crippen molar-refractivity contribution in [3.05, 3.63) is 38.9 Å². The third-order valence-corrected chi connectivity index (χ3v) is 3.00. The molecule has 0 aliphatic heterocycles. The molecule has 0 unspecified atom stereocenters. The van der Waals surface area contributed by atoms with Crippen LogP contribution in [0.5, 0.6) is 0 Å². The van der Waals surface area contributed by atoms with E-state index in [1.807, 2.05) is 14.1 Å². The van der Waals surface area contributed by atoms with Crippen molar-refractivity contribution in [2.24, 2.45) is 0 Å². The van der Waals surface area contributed by atoms with Gasteiger partial charge in [-0.25, -0.2) is 0 Å². The topological polar surface area (TPSA) is 58.4 Å². The molecular formula is C13H20ClN3O2. The highest BCUT2D eigenvalue weighted by Crippen LogP contribution is 2.22. The number of nitrogens with zero attached hydrogens (tertiary/aromatic N) is 2. The molecule has 19 heavy (non-hydrogen) atoms. The van der Waals surface area contributed by atoms with Gasteiger partial charge in [-0.15, -0.1) is 0 Å². The first-order chi connectivity index (χ1) is 9.00. The van der Waals surface area contributed by atoms with Gasteiger partial charge >= 0.3 is 0 Å². The maximum Gasteiger partial charge on any atom is 0.275 e. The first-order valence-electron chi connectivity index (χ1n) is 6.29. The third-order valence-electron chi connectivity index (χ3n) is 2.77. The molecule has 6 heteroatoms. The van der Waals surface area contributed by atoms with Gasteiger partial charge in [0.25, 0.3) is 5.69 Å². The highest BCUT2D eigenvalue weighted by atomic mass is 35.5. The third kappa shape index (κ3) is 6.00. The SMILES string of the molecule is CN(C)CCCCNCc1ccc(Cl)cc1[N+](=O)[O-]. The Balaban J connectivity index is 2.39. The molecule has 0 heterocycles. The van der Waals surface area contributed by atoms with Crippen molar-refractivity contribution < 1.29 is 4.92 Å². The number of halogens is 1. The van der Waals surface area contributed by atoms with E-state index in [2.05, 4.69) is 10.2 Å². The number of nitrogens with one attached hydrogen (secondary N) is 1.